The smallest absolute Gasteiger partial charge is 0.325 e. The van der Waals surface area contributed by atoms with Crippen LogP contribution in [0.25, 0.3) is 0 Å². The quantitative estimate of drug-likeness (QED) is 0.685. The van der Waals surface area contributed by atoms with Crippen LogP contribution in [0.5, 0.6) is 0 Å². The van der Waals surface area contributed by atoms with E-state index in [1.54, 1.807) is 0 Å². The van der Waals surface area contributed by atoms with Gasteiger partial charge in [0.15, 0.2) is 0 Å². The summed E-state index contributed by atoms with van der Waals surface area (Å²) in [5, 5.41) is 3.26. The molecule has 0 spiro atoms. The van der Waals surface area contributed by atoms with Crippen molar-refractivity contribution in [2.75, 3.05) is 47.4 Å². The van der Waals surface area contributed by atoms with E-state index in [2.05, 4.69) is 29.2 Å². The molecular weight excluding hydrogens is 242 g/mol. The number of ether oxygens (including phenoxy) is 1. The third kappa shape index (κ3) is 4.44. The van der Waals surface area contributed by atoms with Gasteiger partial charge in [-0.1, -0.05) is 6.92 Å². The summed E-state index contributed by atoms with van der Waals surface area (Å²) in [6.45, 7) is 7.86. The predicted molar refractivity (Wildman–Crippen MR) is 77.2 cm³/mol. The van der Waals surface area contributed by atoms with Gasteiger partial charge in [-0.3, -0.25) is 4.79 Å². The topological polar surface area (TPSA) is 44.8 Å². The fourth-order valence-corrected chi connectivity index (χ4v) is 2.70. The fraction of sp³-hybridized carbons (Fsp3) is 0.929. The molecular formula is C14H29N3O2. The maximum absolute atomic E-state index is 11.9. The van der Waals surface area contributed by atoms with Gasteiger partial charge in [-0.15, -0.1) is 0 Å². The first-order valence-corrected chi connectivity index (χ1v) is 7.15. The second kappa shape index (κ2) is 7.22. The number of likely N-dealkylation sites (N-methyl/N-ethyl adjacent to an activating group) is 2. The van der Waals surface area contributed by atoms with Gasteiger partial charge in [0.25, 0.3) is 0 Å². The number of likely N-dealkylation sites (tertiary alicyclic amines) is 1. The lowest BCUT2D eigenvalue weighted by Crippen LogP contribution is -2.51. The largest absolute Gasteiger partial charge is 0.468 e. The van der Waals surface area contributed by atoms with Crippen LogP contribution in [0.15, 0.2) is 0 Å². The highest BCUT2D eigenvalue weighted by molar-refractivity contribution is 5.80. The van der Waals surface area contributed by atoms with Gasteiger partial charge >= 0.3 is 5.97 Å². The molecule has 0 saturated carbocycles. The maximum Gasteiger partial charge on any atom is 0.325 e. The summed E-state index contributed by atoms with van der Waals surface area (Å²) in [5.74, 6) is -0.169. The van der Waals surface area contributed by atoms with Gasteiger partial charge < -0.3 is 19.9 Å². The minimum atomic E-state index is -0.570. The Bertz CT molecular complexity index is 296. The summed E-state index contributed by atoms with van der Waals surface area (Å²) >= 11 is 0. The van der Waals surface area contributed by atoms with E-state index in [1.165, 1.54) is 13.5 Å². The molecule has 0 aromatic carbocycles. The van der Waals surface area contributed by atoms with E-state index in [1.807, 2.05) is 13.8 Å². The molecule has 0 aromatic rings. The number of esters is 1. The zero-order valence-corrected chi connectivity index (χ0v) is 13.0. The summed E-state index contributed by atoms with van der Waals surface area (Å²) in [4.78, 5) is 16.6. The molecule has 1 N–H and O–H groups in total. The summed E-state index contributed by atoms with van der Waals surface area (Å²) in [7, 11) is 5.71. The molecule has 1 rings (SSSR count). The van der Waals surface area contributed by atoms with Crippen molar-refractivity contribution in [1.82, 2.24) is 15.1 Å². The third-order valence-electron chi connectivity index (χ3n) is 4.11. The molecule has 1 aliphatic heterocycles. The first kappa shape index (κ1) is 16.4. The van der Waals surface area contributed by atoms with E-state index in [0.717, 1.165) is 32.6 Å². The second-order valence-corrected chi connectivity index (χ2v) is 5.81. The van der Waals surface area contributed by atoms with Crippen LogP contribution in [0.4, 0.5) is 0 Å². The van der Waals surface area contributed by atoms with Crippen molar-refractivity contribution in [3.8, 4) is 0 Å². The van der Waals surface area contributed by atoms with Gasteiger partial charge in [-0.25, -0.2) is 0 Å². The van der Waals surface area contributed by atoms with Gasteiger partial charge in [0, 0.05) is 19.1 Å². The van der Waals surface area contributed by atoms with Crippen molar-refractivity contribution in [2.24, 2.45) is 0 Å². The lowest BCUT2D eigenvalue weighted by atomic mass is 9.97. The molecule has 0 radical (unpaired) electrons. The Labute approximate surface area is 117 Å². The number of methoxy groups -OCH3 is 1. The summed E-state index contributed by atoms with van der Waals surface area (Å²) in [6.07, 6.45) is 2.00. The monoisotopic (exact) mass is 271 g/mol. The van der Waals surface area contributed by atoms with Crippen LogP contribution < -0.4 is 5.32 Å². The number of hydrogen-bond donors (Lipinski definition) is 1. The molecule has 2 unspecified atom stereocenters. The zero-order valence-electron chi connectivity index (χ0n) is 13.0. The predicted octanol–water partition coefficient (Wildman–Crippen LogP) is 0.554. The van der Waals surface area contributed by atoms with Crippen LogP contribution in [-0.4, -0.2) is 74.7 Å². The van der Waals surface area contributed by atoms with Crippen LogP contribution in [0.3, 0.4) is 0 Å². The summed E-state index contributed by atoms with van der Waals surface area (Å²) in [6, 6.07) is 0.642. The highest BCUT2D eigenvalue weighted by Crippen LogP contribution is 2.17. The van der Waals surface area contributed by atoms with Crippen molar-refractivity contribution < 1.29 is 9.53 Å². The van der Waals surface area contributed by atoms with Crippen molar-refractivity contribution in [2.45, 2.75) is 38.3 Å². The molecule has 1 heterocycles. The number of carbonyl (C=O) groups is 1. The molecule has 0 bridgehead atoms. The van der Waals surface area contributed by atoms with Crippen molar-refractivity contribution in [3.63, 3.8) is 0 Å². The van der Waals surface area contributed by atoms with Gasteiger partial charge in [-0.2, -0.15) is 0 Å². The van der Waals surface area contributed by atoms with E-state index in [-0.39, 0.29) is 5.97 Å². The summed E-state index contributed by atoms with van der Waals surface area (Å²) < 4.78 is 4.91. The minimum Gasteiger partial charge on any atom is -0.468 e. The van der Waals surface area contributed by atoms with Gasteiger partial charge in [0.2, 0.25) is 0 Å². The molecule has 112 valence electrons. The van der Waals surface area contributed by atoms with Crippen molar-refractivity contribution >= 4 is 5.97 Å². The highest BCUT2D eigenvalue weighted by atomic mass is 16.5. The zero-order chi connectivity index (χ0) is 14.5. The van der Waals surface area contributed by atoms with E-state index in [9.17, 15) is 4.79 Å². The Morgan fingerprint density at radius 2 is 2.21 bits per heavy atom. The SMILES string of the molecule is CCNC(C)(CCN1CCC(N(C)C)C1)C(=O)OC. The average molecular weight is 271 g/mol. The van der Waals surface area contributed by atoms with E-state index < -0.39 is 5.54 Å². The Hall–Kier alpha value is -0.650. The fourth-order valence-electron chi connectivity index (χ4n) is 2.70. The second-order valence-electron chi connectivity index (χ2n) is 5.81. The van der Waals surface area contributed by atoms with Crippen LogP contribution in [0.2, 0.25) is 0 Å². The molecule has 0 aromatic heterocycles. The number of carbonyl (C=O) groups excluding carboxylic acids is 1. The molecule has 5 nitrogen and oxygen atoms in total. The van der Waals surface area contributed by atoms with Crippen molar-refractivity contribution in [3.05, 3.63) is 0 Å². The maximum atomic E-state index is 11.9. The first-order chi connectivity index (χ1) is 8.92. The standard InChI is InChI=1S/C14H29N3O2/c1-6-15-14(2,13(18)19-5)8-10-17-9-7-12(11-17)16(3)4/h12,15H,6-11H2,1-5H3. The Morgan fingerprint density at radius 3 is 2.68 bits per heavy atom. The van der Waals surface area contributed by atoms with Crippen LogP contribution in [0.1, 0.15) is 26.7 Å². The molecule has 1 saturated heterocycles. The molecule has 0 amide bonds. The van der Waals surface area contributed by atoms with E-state index in [0.29, 0.717) is 6.04 Å². The Morgan fingerprint density at radius 1 is 1.53 bits per heavy atom. The van der Waals surface area contributed by atoms with E-state index in [4.69, 9.17) is 4.74 Å². The van der Waals surface area contributed by atoms with Crippen LogP contribution >= 0.6 is 0 Å². The molecule has 1 aliphatic rings. The highest BCUT2D eigenvalue weighted by Gasteiger charge is 2.34. The first-order valence-electron chi connectivity index (χ1n) is 7.15. The van der Waals surface area contributed by atoms with Crippen LogP contribution in [0, 0.1) is 0 Å². The lowest BCUT2D eigenvalue weighted by Gasteiger charge is -2.29. The number of rotatable bonds is 7. The Kier molecular flexibility index (Phi) is 6.23. The van der Waals surface area contributed by atoms with E-state index >= 15 is 0 Å². The molecule has 2 atom stereocenters. The Balaban J connectivity index is 2.47. The molecule has 0 aliphatic carbocycles. The molecule has 19 heavy (non-hydrogen) atoms. The van der Waals surface area contributed by atoms with Gasteiger partial charge in [-0.05, 0) is 47.0 Å². The third-order valence-corrected chi connectivity index (χ3v) is 4.11. The number of hydrogen-bond acceptors (Lipinski definition) is 5. The number of nitrogens with zero attached hydrogens (tertiary/aromatic N) is 2. The lowest BCUT2D eigenvalue weighted by molar-refractivity contribution is -0.148. The molecule has 1 fully saturated rings. The minimum absolute atomic E-state index is 0.169. The average Bonchev–Trinajstić information content (AvgIpc) is 2.84. The van der Waals surface area contributed by atoms with Gasteiger partial charge in [0.1, 0.15) is 5.54 Å². The van der Waals surface area contributed by atoms with Gasteiger partial charge in [0.05, 0.1) is 7.11 Å². The van der Waals surface area contributed by atoms with Crippen molar-refractivity contribution in [1.29, 1.82) is 0 Å². The van der Waals surface area contributed by atoms with Crippen LogP contribution in [-0.2, 0) is 9.53 Å². The number of nitrogens with one attached hydrogen (secondary N) is 1. The molecule has 5 heteroatoms. The summed E-state index contributed by atoms with van der Waals surface area (Å²) in [5.41, 5.74) is -0.570. The normalized spacial score (nSPS) is 23.6.